The summed E-state index contributed by atoms with van der Waals surface area (Å²) in [5.41, 5.74) is 0. The Labute approximate surface area is 94.8 Å². The number of nitrogens with one attached hydrogen (secondary N) is 1. The van der Waals surface area contributed by atoms with Gasteiger partial charge < -0.3 is 5.32 Å². The van der Waals surface area contributed by atoms with Crippen molar-refractivity contribution < 1.29 is 4.79 Å². The van der Waals surface area contributed by atoms with E-state index >= 15 is 0 Å². The second kappa shape index (κ2) is 8.90. The molecule has 0 saturated heterocycles. The molecule has 0 aliphatic heterocycles. The van der Waals surface area contributed by atoms with Crippen LogP contribution in [0.1, 0.15) is 59.8 Å². The standard InChI is InChI=1S/C13H27NO/c1-5-6-7-8-9-13(12(4)15)10-14-11(2)3/h11,13-14H,5-10H2,1-4H3. The van der Waals surface area contributed by atoms with Gasteiger partial charge >= 0.3 is 0 Å². The first-order valence-corrected chi connectivity index (χ1v) is 6.31. The third-order valence-electron chi connectivity index (χ3n) is 2.75. The van der Waals surface area contributed by atoms with Crippen molar-refractivity contribution in [3.05, 3.63) is 0 Å². The Hall–Kier alpha value is -0.370. The Morgan fingerprint density at radius 2 is 1.87 bits per heavy atom. The number of ketones is 1. The van der Waals surface area contributed by atoms with Gasteiger partial charge in [-0.05, 0) is 13.3 Å². The Morgan fingerprint density at radius 3 is 2.33 bits per heavy atom. The van der Waals surface area contributed by atoms with Crippen molar-refractivity contribution in [3.8, 4) is 0 Å². The van der Waals surface area contributed by atoms with Crippen LogP contribution in [0.25, 0.3) is 0 Å². The second-order valence-electron chi connectivity index (χ2n) is 4.72. The summed E-state index contributed by atoms with van der Waals surface area (Å²) in [4.78, 5) is 11.4. The van der Waals surface area contributed by atoms with Gasteiger partial charge in [0.1, 0.15) is 5.78 Å². The lowest BCUT2D eigenvalue weighted by atomic mass is 9.97. The molecule has 1 atom stereocenters. The number of carbonyl (C=O) groups excluding carboxylic acids is 1. The molecule has 90 valence electrons. The van der Waals surface area contributed by atoms with Gasteiger partial charge in [-0.2, -0.15) is 0 Å². The Balaban J connectivity index is 3.69. The minimum Gasteiger partial charge on any atom is -0.314 e. The molecule has 0 fully saturated rings. The molecule has 15 heavy (non-hydrogen) atoms. The SMILES string of the molecule is CCCCCCC(CNC(C)C)C(C)=O. The quantitative estimate of drug-likeness (QED) is 0.596. The number of rotatable bonds is 9. The fourth-order valence-electron chi connectivity index (χ4n) is 1.64. The van der Waals surface area contributed by atoms with Gasteiger partial charge in [0.05, 0.1) is 0 Å². The molecule has 0 saturated carbocycles. The minimum absolute atomic E-state index is 0.226. The van der Waals surface area contributed by atoms with Gasteiger partial charge in [-0.1, -0.05) is 46.5 Å². The van der Waals surface area contributed by atoms with Crippen molar-refractivity contribution in [1.29, 1.82) is 0 Å². The average molecular weight is 213 g/mol. The zero-order valence-electron chi connectivity index (χ0n) is 10.8. The van der Waals surface area contributed by atoms with E-state index in [-0.39, 0.29) is 5.92 Å². The molecule has 0 heterocycles. The van der Waals surface area contributed by atoms with E-state index in [1.807, 2.05) is 0 Å². The molecule has 0 amide bonds. The van der Waals surface area contributed by atoms with Crippen LogP contribution >= 0.6 is 0 Å². The first-order chi connectivity index (χ1) is 7.07. The summed E-state index contributed by atoms with van der Waals surface area (Å²) in [6.45, 7) is 9.01. The van der Waals surface area contributed by atoms with Crippen molar-refractivity contribution in [2.24, 2.45) is 5.92 Å². The minimum atomic E-state index is 0.226. The second-order valence-corrected chi connectivity index (χ2v) is 4.72. The van der Waals surface area contributed by atoms with E-state index < -0.39 is 0 Å². The predicted octanol–water partition coefficient (Wildman–Crippen LogP) is 3.16. The topological polar surface area (TPSA) is 29.1 Å². The van der Waals surface area contributed by atoms with Crippen LogP contribution in [0.2, 0.25) is 0 Å². The van der Waals surface area contributed by atoms with E-state index in [1.54, 1.807) is 6.92 Å². The maximum atomic E-state index is 11.4. The van der Waals surface area contributed by atoms with Crippen molar-refractivity contribution >= 4 is 5.78 Å². The van der Waals surface area contributed by atoms with Crippen LogP contribution in [0.5, 0.6) is 0 Å². The van der Waals surface area contributed by atoms with Gasteiger partial charge in [-0.15, -0.1) is 0 Å². The first kappa shape index (κ1) is 14.6. The molecule has 0 aromatic heterocycles. The average Bonchev–Trinajstić information content (AvgIpc) is 2.15. The van der Waals surface area contributed by atoms with Gasteiger partial charge in [0, 0.05) is 18.5 Å². The molecule has 0 rings (SSSR count). The van der Waals surface area contributed by atoms with Crippen LogP contribution in [0.4, 0.5) is 0 Å². The van der Waals surface area contributed by atoms with Crippen molar-refractivity contribution in [2.45, 2.75) is 65.8 Å². The highest BCUT2D eigenvalue weighted by Crippen LogP contribution is 2.11. The molecule has 0 aromatic rings. The van der Waals surface area contributed by atoms with Crippen LogP contribution in [0, 0.1) is 5.92 Å². The number of Topliss-reactive ketones (excluding diaryl/α,β-unsaturated/α-hetero) is 1. The summed E-state index contributed by atoms with van der Waals surface area (Å²) in [5.74, 6) is 0.559. The summed E-state index contributed by atoms with van der Waals surface area (Å²) in [7, 11) is 0. The Kier molecular flexibility index (Phi) is 8.68. The molecule has 2 heteroatoms. The third kappa shape index (κ3) is 8.61. The highest BCUT2D eigenvalue weighted by molar-refractivity contribution is 5.78. The fourth-order valence-corrected chi connectivity index (χ4v) is 1.64. The normalized spacial score (nSPS) is 13.1. The van der Waals surface area contributed by atoms with Crippen LogP contribution < -0.4 is 5.32 Å². The zero-order chi connectivity index (χ0) is 11.7. The lowest BCUT2D eigenvalue weighted by molar-refractivity contribution is -0.120. The van der Waals surface area contributed by atoms with E-state index in [1.165, 1.54) is 25.7 Å². The lowest BCUT2D eigenvalue weighted by Gasteiger charge is -2.16. The first-order valence-electron chi connectivity index (χ1n) is 6.31. The molecule has 0 radical (unpaired) electrons. The Bertz CT molecular complexity index is 166. The summed E-state index contributed by atoms with van der Waals surface area (Å²) in [5, 5.41) is 3.35. The molecular weight excluding hydrogens is 186 g/mol. The summed E-state index contributed by atoms with van der Waals surface area (Å²) in [6, 6.07) is 0.475. The van der Waals surface area contributed by atoms with Gasteiger partial charge in [0.25, 0.3) is 0 Å². The van der Waals surface area contributed by atoms with Crippen LogP contribution in [0.15, 0.2) is 0 Å². The number of unbranched alkanes of at least 4 members (excludes halogenated alkanes) is 3. The van der Waals surface area contributed by atoms with E-state index in [4.69, 9.17) is 0 Å². The molecule has 1 unspecified atom stereocenters. The van der Waals surface area contributed by atoms with E-state index in [2.05, 4.69) is 26.1 Å². The van der Waals surface area contributed by atoms with Gasteiger partial charge in [-0.25, -0.2) is 0 Å². The number of carbonyl (C=O) groups is 1. The monoisotopic (exact) mass is 213 g/mol. The molecule has 0 bridgehead atoms. The number of hydrogen-bond acceptors (Lipinski definition) is 2. The van der Waals surface area contributed by atoms with Gasteiger partial charge in [0.15, 0.2) is 0 Å². The summed E-state index contributed by atoms with van der Waals surface area (Å²) >= 11 is 0. The lowest BCUT2D eigenvalue weighted by Crippen LogP contribution is -2.32. The van der Waals surface area contributed by atoms with Crippen molar-refractivity contribution in [3.63, 3.8) is 0 Å². The predicted molar refractivity (Wildman–Crippen MR) is 66.1 cm³/mol. The van der Waals surface area contributed by atoms with Crippen LogP contribution in [-0.4, -0.2) is 18.4 Å². The van der Waals surface area contributed by atoms with Crippen LogP contribution in [0.3, 0.4) is 0 Å². The zero-order valence-corrected chi connectivity index (χ0v) is 10.8. The van der Waals surface area contributed by atoms with E-state index in [0.717, 1.165) is 13.0 Å². The van der Waals surface area contributed by atoms with Gasteiger partial charge in [0.2, 0.25) is 0 Å². The molecule has 0 aliphatic carbocycles. The molecule has 1 N–H and O–H groups in total. The van der Waals surface area contributed by atoms with E-state index in [9.17, 15) is 4.79 Å². The highest BCUT2D eigenvalue weighted by atomic mass is 16.1. The summed E-state index contributed by atoms with van der Waals surface area (Å²) in [6.07, 6.45) is 6.06. The maximum absolute atomic E-state index is 11.4. The molecular formula is C13H27NO. The van der Waals surface area contributed by atoms with Gasteiger partial charge in [-0.3, -0.25) is 4.79 Å². The maximum Gasteiger partial charge on any atom is 0.134 e. The van der Waals surface area contributed by atoms with Crippen LogP contribution in [-0.2, 0) is 4.79 Å². The smallest absolute Gasteiger partial charge is 0.134 e. The van der Waals surface area contributed by atoms with Crippen molar-refractivity contribution in [1.82, 2.24) is 5.32 Å². The summed E-state index contributed by atoms with van der Waals surface area (Å²) < 4.78 is 0. The molecule has 0 aliphatic rings. The molecule has 0 aromatic carbocycles. The third-order valence-corrected chi connectivity index (χ3v) is 2.75. The highest BCUT2D eigenvalue weighted by Gasteiger charge is 2.13. The Morgan fingerprint density at radius 1 is 1.20 bits per heavy atom. The number of hydrogen-bond donors (Lipinski definition) is 1. The molecule has 2 nitrogen and oxygen atoms in total. The molecule has 0 spiro atoms. The largest absolute Gasteiger partial charge is 0.314 e. The van der Waals surface area contributed by atoms with Crippen molar-refractivity contribution in [2.75, 3.05) is 6.54 Å². The fraction of sp³-hybridized carbons (Fsp3) is 0.923. The van der Waals surface area contributed by atoms with E-state index in [0.29, 0.717) is 11.8 Å².